The molecule has 0 amide bonds. The fourth-order valence-electron chi connectivity index (χ4n) is 3.89. The van der Waals surface area contributed by atoms with Crippen molar-refractivity contribution in [1.82, 2.24) is 29.9 Å². The molecule has 0 aliphatic carbocycles. The SMILES string of the molecule is [2H][C@](Nc1cc(Cl)c2ncc(C#N)c(NCC(C)(C)C)c2c1)(c1cccnc1)c1cn(-c2cccnc2)nn1. The van der Waals surface area contributed by atoms with Crippen LogP contribution in [0.5, 0.6) is 0 Å². The maximum Gasteiger partial charge on any atom is 0.110 e. The number of pyridine rings is 3. The van der Waals surface area contributed by atoms with Crippen LogP contribution in [0.2, 0.25) is 5.02 Å². The Morgan fingerprint density at radius 1 is 1.13 bits per heavy atom. The van der Waals surface area contributed by atoms with E-state index in [1.165, 1.54) is 6.20 Å². The van der Waals surface area contributed by atoms with Crippen LogP contribution in [0.4, 0.5) is 11.4 Å². The average Bonchev–Trinajstić information content (AvgIpc) is 3.43. The van der Waals surface area contributed by atoms with Crippen molar-refractivity contribution in [2.45, 2.75) is 26.8 Å². The van der Waals surface area contributed by atoms with E-state index in [4.69, 9.17) is 11.6 Å². The Hall–Kier alpha value is -4.55. The monoisotopic (exact) mass is 524 g/mol. The van der Waals surface area contributed by atoms with Crippen LogP contribution in [0.3, 0.4) is 0 Å². The highest BCUT2D eigenvalue weighted by Gasteiger charge is 2.21. The molecule has 0 unspecified atom stereocenters. The summed E-state index contributed by atoms with van der Waals surface area (Å²) < 4.78 is 11.1. The third-order valence-electron chi connectivity index (χ3n) is 5.72. The van der Waals surface area contributed by atoms with Gasteiger partial charge in [0.05, 0.1) is 47.3 Å². The predicted molar refractivity (Wildman–Crippen MR) is 148 cm³/mol. The van der Waals surface area contributed by atoms with E-state index in [0.717, 1.165) is 0 Å². The molecular formula is C28H26ClN9. The lowest BCUT2D eigenvalue weighted by atomic mass is 9.96. The number of aromatic nitrogens is 6. The van der Waals surface area contributed by atoms with E-state index in [1.807, 2.05) is 12.1 Å². The Morgan fingerprint density at radius 2 is 1.92 bits per heavy atom. The summed E-state index contributed by atoms with van der Waals surface area (Å²) in [4.78, 5) is 12.8. The molecule has 0 spiro atoms. The molecule has 4 heterocycles. The van der Waals surface area contributed by atoms with E-state index in [-0.39, 0.29) is 5.41 Å². The number of hydrogen-bond acceptors (Lipinski definition) is 8. The second-order valence-corrected chi connectivity index (χ2v) is 10.3. The zero-order valence-corrected chi connectivity index (χ0v) is 21.9. The van der Waals surface area contributed by atoms with Gasteiger partial charge in [0.15, 0.2) is 0 Å². The molecule has 0 fully saturated rings. The Labute approximate surface area is 226 Å². The fraction of sp³-hybridized carbons (Fsp3) is 0.214. The van der Waals surface area contributed by atoms with Gasteiger partial charge in [0.2, 0.25) is 0 Å². The number of fused-ring (bicyclic) bond motifs is 1. The smallest absolute Gasteiger partial charge is 0.110 e. The summed E-state index contributed by atoms with van der Waals surface area (Å²) in [7, 11) is 0. The molecule has 0 aliphatic heterocycles. The van der Waals surface area contributed by atoms with Crippen molar-refractivity contribution in [2.75, 3.05) is 17.2 Å². The van der Waals surface area contributed by atoms with Crippen LogP contribution in [0.1, 0.15) is 45.0 Å². The molecule has 190 valence electrons. The van der Waals surface area contributed by atoms with Gasteiger partial charge in [-0.15, -0.1) is 5.10 Å². The summed E-state index contributed by atoms with van der Waals surface area (Å²) in [5.74, 6) is 0. The largest absolute Gasteiger partial charge is 0.383 e. The molecule has 0 saturated carbocycles. The van der Waals surface area contributed by atoms with Gasteiger partial charge in [0.25, 0.3) is 0 Å². The fourth-order valence-corrected chi connectivity index (χ4v) is 4.16. The summed E-state index contributed by atoms with van der Waals surface area (Å²) in [5, 5.41) is 26.1. The van der Waals surface area contributed by atoms with Gasteiger partial charge in [-0.1, -0.05) is 43.7 Å². The van der Waals surface area contributed by atoms with Gasteiger partial charge >= 0.3 is 0 Å². The van der Waals surface area contributed by atoms with Gasteiger partial charge in [0, 0.05) is 42.4 Å². The van der Waals surface area contributed by atoms with Gasteiger partial charge < -0.3 is 10.6 Å². The molecule has 1 aromatic carbocycles. The first-order chi connectivity index (χ1) is 18.7. The maximum atomic E-state index is 9.79. The van der Waals surface area contributed by atoms with Crippen molar-refractivity contribution < 1.29 is 1.37 Å². The molecule has 0 bridgehead atoms. The highest BCUT2D eigenvalue weighted by molar-refractivity contribution is 6.35. The Balaban J connectivity index is 1.62. The van der Waals surface area contributed by atoms with Crippen molar-refractivity contribution >= 4 is 33.9 Å². The molecule has 2 N–H and O–H groups in total. The summed E-state index contributed by atoms with van der Waals surface area (Å²) in [6, 6.07) is 11.4. The van der Waals surface area contributed by atoms with Crippen molar-refractivity contribution in [1.29, 1.82) is 5.26 Å². The molecule has 5 rings (SSSR count). The maximum absolute atomic E-state index is 9.79. The average molecular weight is 525 g/mol. The number of nitriles is 1. The standard InChI is InChI=1S/C28H26ClN9/c1-28(2,3)17-34-25-19(12-30)14-33-27-22(25)10-20(11-23(27)29)35-26(18-6-4-8-31-13-18)24-16-38(37-36-24)21-7-5-9-32-15-21/h4-11,13-16,26,35H,17H2,1-3H3,(H,33,34)/t26-/m0/s1/i26D. The van der Waals surface area contributed by atoms with Crippen molar-refractivity contribution in [3.63, 3.8) is 0 Å². The van der Waals surface area contributed by atoms with E-state index >= 15 is 0 Å². The van der Waals surface area contributed by atoms with Crippen LogP contribution in [0.15, 0.2) is 73.6 Å². The number of anilines is 2. The summed E-state index contributed by atoms with van der Waals surface area (Å²) in [5.41, 5.74) is 3.71. The Bertz CT molecular complexity index is 1660. The van der Waals surface area contributed by atoms with Gasteiger partial charge in [-0.2, -0.15) is 5.26 Å². The first-order valence-corrected chi connectivity index (χ1v) is 12.3. The molecule has 5 aromatic rings. The van der Waals surface area contributed by atoms with E-state index < -0.39 is 6.02 Å². The first-order valence-electron chi connectivity index (χ1n) is 12.5. The number of nitrogens with one attached hydrogen (secondary N) is 2. The number of nitrogens with zero attached hydrogens (tertiary/aromatic N) is 7. The molecule has 9 nitrogen and oxygen atoms in total. The van der Waals surface area contributed by atoms with Crippen molar-refractivity contribution in [3.8, 4) is 11.8 Å². The molecule has 1 atom stereocenters. The third kappa shape index (κ3) is 5.41. The zero-order valence-electron chi connectivity index (χ0n) is 22.1. The highest BCUT2D eigenvalue weighted by atomic mass is 35.5. The van der Waals surface area contributed by atoms with E-state index in [0.29, 0.717) is 56.4 Å². The van der Waals surface area contributed by atoms with Gasteiger partial charge in [0.1, 0.15) is 11.8 Å². The van der Waals surface area contributed by atoms with E-state index in [9.17, 15) is 6.63 Å². The van der Waals surface area contributed by atoms with Crippen LogP contribution >= 0.6 is 11.6 Å². The second-order valence-electron chi connectivity index (χ2n) is 9.93. The molecule has 0 saturated heterocycles. The zero-order chi connectivity index (χ0) is 27.6. The van der Waals surface area contributed by atoms with Crippen LogP contribution < -0.4 is 10.6 Å². The Morgan fingerprint density at radius 3 is 2.61 bits per heavy atom. The van der Waals surface area contributed by atoms with Crippen molar-refractivity contribution in [2.24, 2.45) is 5.41 Å². The van der Waals surface area contributed by atoms with Gasteiger partial charge in [-0.25, -0.2) is 4.68 Å². The molecule has 38 heavy (non-hydrogen) atoms. The highest BCUT2D eigenvalue weighted by Crippen LogP contribution is 2.36. The minimum atomic E-state index is -1.58. The lowest BCUT2D eigenvalue weighted by Crippen LogP contribution is -2.20. The number of rotatable bonds is 7. The predicted octanol–water partition coefficient (Wildman–Crippen LogP) is 5.79. The minimum absolute atomic E-state index is 0.0291. The molecule has 10 heteroatoms. The Kier molecular flexibility index (Phi) is 6.54. The summed E-state index contributed by atoms with van der Waals surface area (Å²) in [6.45, 7) is 6.95. The molecular weight excluding hydrogens is 498 g/mol. The molecule has 0 aliphatic rings. The lowest BCUT2D eigenvalue weighted by molar-refractivity contribution is 0.443. The summed E-state index contributed by atoms with van der Waals surface area (Å²) in [6.07, 6.45) is 9.79. The van der Waals surface area contributed by atoms with Crippen LogP contribution in [0.25, 0.3) is 16.6 Å². The normalized spacial score (nSPS) is 13.4. The number of benzene rings is 1. The van der Waals surface area contributed by atoms with Crippen LogP contribution in [-0.4, -0.2) is 36.5 Å². The van der Waals surface area contributed by atoms with Crippen LogP contribution in [-0.2, 0) is 0 Å². The molecule has 4 aromatic heterocycles. The topological polar surface area (TPSA) is 117 Å². The third-order valence-corrected chi connectivity index (χ3v) is 6.01. The van der Waals surface area contributed by atoms with Gasteiger partial charge in [-0.05, 0) is 41.3 Å². The van der Waals surface area contributed by atoms with E-state index in [1.54, 1.807) is 59.9 Å². The lowest BCUT2D eigenvalue weighted by Gasteiger charge is -2.22. The van der Waals surface area contributed by atoms with Crippen LogP contribution in [0, 0.1) is 16.7 Å². The van der Waals surface area contributed by atoms with Gasteiger partial charge in [-0.3, -0.25) is 15.0 Å². The van der Waals surface area contributed by atoms with E-state index in [2.05, 4.69) is 62.7 Å². The quantitative estimate of drug-likeness (QED) is 0.274. The minimum Gasteiger partial charge on any atom is -0.383 e. The number of halogens is 1. The second kappa shape index (κ2) is 10.4. The molecule has 0 radical (unpaired) electrons. The van der Waals surface area contributed by atoms with Crippen molar-refractivity contribution in [3.05, 3.63) is 95.4 Å². The first kappa shape index (κ1) is 23.8. The summed E-state index contributed by atoms with van der Waals surface area (Å²) >= 11 is 6.70. The number of hydrogen-bond donors (Lipinski definition) is 2.